The van der Waals surface area contributed by atoms with E-state index in [0.29, 0.717) is 17.6 Å². The van der Waals surface area contributed by atoms with Crippen molar-refractivity contribution in [3.63, 3.8) is 0 Å². The highest BCUT2D eigenvalue weighted by molar-refractivity contribution is 5.31. The minimum absolute atomic E-state index is 0.213. The number of nitrogens with one attached hydrogen (secondary N) is 1. The second-order valence-electron chi connectivity index (χ2n) is 5.44. The maximum absolute atomic E-state index is 14.1. The van der Waals surface area contributed by atoms with Crippen molar-refractivity contribution in [2.45, 2.75) is 33.6 Å². The fourth-order valence-corrected chi connectivity index (χ4v) is 2.44. The van der Waals surface area contributed by atoms with Crippen LogP contribution in [0.5, 0.6) is 5.75 Å². The summed E-state index contributed by atoms with van der Waals surface area (Å²) in [6, 6.07) is 5.38. The van der Waals surface area contributed by atoms with Crippen LogP contribution in [-0.4, -0.2) is 20.2 Å². The second-order valence-corrected chi connectivity index (χ2v) is 5.44. The van der Waals surface area contributed by atoms with Gasteiger partial charge in [0, 0.05) is 0 Å². The van der Waals surface area contributed by atoms with Crippen molar-refractivity contribution in [3.05, 3.63) is 29.6 Å². The molecule has 0 radical (unpaired) electrons. The molecule has 19 heavy (non-hydrogen) atoms. The maximum Gasteiger partial charge on any atom is 0.168 e. The molecule has 0 aliphatic carbocycles. The number of halogens is 1. The Morgan fingerprint density at radius 3 is 2.63 bits per heavy atom. The Kier molecular flexibility index (Phi) is 6.85. The highest BCUT2D eigenvalue weighted by Gasteiger charge is 2.15. The molecule has 0 heterocycles. The van der Waals surface area contributed by atoms with Gasteiger partial charge in [-0.1, -0.05) is 32.9 Å². The van der Waals surface area contributed by atoms with Crippen molar-refractivity contribution in [2.75, 3.05) is 20.2 Å². The van der Waals surface area contributed by atoms with Gasteiger partial charge in [0.2, 0.25) is 0 Å². The summed E-state index contributed by atoms with van der Waals surface area (Å²) in [6.45, 7) is 8.40. The molecule has 0 spiro atoms. The Bertz CT molecular complexity index is 379. The van der Waals surface area contributed by atoms with E-state index in [1.807, 2.05) is 12.1 Å². The largest absolute Gasteiger partial charge is 0.494 e. The van der Waals surface area contributed by atoms with Gasteiger partial charge in [-0.25, -0.2) is 4.39 Å². The molecule has 1 aromatic rings. The van der Waals surface area contributed by atoms with Crippen LogP contribution in [0.25, 0.3) is 0 Å². The summed E-state index contributed by atoms with van der Waals surface area (Å²) in [5.41, 5.74) is 0.753. The zero-order chi connectivity index (χ0) is 14.3. The molecule has 2 nitrogen and oxygen atoms in total. The van der Waals surface area contributed by atoms with Gasteiger partial charge in [0.1, 0.15) is 0 Å². The van der Waals surface area contributed by atoms with Gasteiger partial charge in [0.15, 0.2) is 11.6 Å². The van der Waals surface area contributed by atoms with E-state index in [-0.39, 0.29) is 5.82 Å². The standard InChI is InChI=1S/C16H26FNO/c1-5-18-11-13(9-12(2)3)10-14-7-6-8-15(19-4)16(14)17/h6-8,12-13,18H,5,9-11H2,1-4H3. The molecule has 1 aromatic carbocycles. The Labute approximate surface area is 116 Å². The number of benzene rings is 1. The van der Waals surface area contributed by atoms with Gasteiger partial charge in [-0.3, -0.25) is 0 Å². The van der Waals surface area contributed by atoms with Crippen LogP contribution in [0.2, 0.25) is 0 Å². The maximum atomic E-state index is 14.1. The van der Waals surface area contributed by atoms with Crippen molar-refractivity contribution >= 4 is 0 Å². The van der Waals surface area contributed by atoms with E-state index in [4.69, 9.17) is 4.74 Å². The average Bonchev–Trinajstić information content (AvgIpc) is 2.37. The quantitative estimate of drug-likeness (QED) is 0.776. The minimum atomic E-state index is -0.213. The third-order valence-corrected chi connectivity index (χ3v) is 3.26. The van der Waals surface area contributed by atoms with Gasteiger partial charge in [-0.2, -0.15) is 0 Å². The van der Waals surface area contributed by atoms with E-state index >= 15 is 0 Å². The van der Waals surface area contributed by atoms with E-state index in [2.05, 4.69) is 26.1 Å². The molecule has 0 aliphatic heterocycles. The molecule has 3 heteroatoms. The molecule has 0 saturated heterocycles. The van der Waals surface area contributed by atoms with Crippen LogP contribution in [0.4, 0.5) is 4.39 Å². The summed E-state index contributed by atoms with van der Waals surface area (Å²) in [7, 11) is 1.51. The van der Waals surface area contributed by atoms with E-state index in [9.17, 15) is 4.39 Å². The Hall–Kier alpha value is -1.09. The van der Waals surface area contributed by atoms with Crippen molar-refractivity contribution in [3.8, 4) is 5.75 Å². The van der Waals surface area contributed by atoms with Crippen LogP contribution in [0, 0.1) is 17.7 Å². The van der Waals surface area contributed by atoms with E-state index in [1.165, 1.54) is 7.11 Å². The first-order valence-corrected chi connectivity index (χ1v) is 7.10. The third kappa shape index (κ3) is 5.19. The van der Waals surface area contributed by atoms with E-state index in [1.54, 1.807) is 6.07 Å². The van der Waals surface area contributed by atoms with E-state index < -0.39 is 0 Å². The highest BCUT2D eigenvalue weighted by atomic mass is 19.1. The van der Waals surface area contributed by atoms with Gasteiger partial charge in [0.05, 0.1) is 7.11 Å². The molecule has 108 valence electrons. The van der Waals surface area contributed by atoms with Crippen LogP contribution < -0.4 is 10.1 Å². The predicted octanol–water partition coefficient (Wildman–Crippen LogP) is 3.65. The van der Waals surface area contributed by atoms with Gasteiger partial charge in [-0.15, -0.1) is 0 Å². The lowest BCUT2D eigenvalue weighted by Gasteiger charge is -2.20. The first-order valence-electron chi connectivity index (χ1n) is 7.10. The van der Waals surface area contributed by atoms with Crippen LogP contribution in [0.3, 0.4) is 0 Å². The average molecular weight is 267 g/mol. The Morgan fingerprint density at radius 1 is 1.32 bits per heavy atom. The van der Waals surface area contributed by atoms with Crippen LogP contribution in [0.1, 0.15) is 32.8 Å². The summed E-state index contributed by atoms with van der Waals surface area (Å²) in [6.07, 6.45) is 1.86. The van der Waals surface area contributed by atoms with Crippen molar-refractivity contribution < 1.29 is 9.13 Å². The number of rotatable bonds is 8. The monoisotopic (exact) mass is 267 g/mol. The molecule has 0 amide bonds. The zero-order valence-corrected chi connectivity index (χ0v) is 12.5. The highest BCUT2D eigenvalue weighted by Crippen LogP contribution is 2.24. The first-order chi connectivity index (χ1) is 9.08. The number of ether oxygens (including phenoxy) is 1. The molecule has 1 atom stereocenters. The van der Waals surface area contributed by atoms with Gasteiger partial charge in [-0.05, 0) is 49.4 Å². The van der Waals surface area contributed by atoms with Crippen molar-refractivity contribution in [1.29, 1.82) is 0 Å². The molecule has 0 bridgehead atoms. The van der Waals surface area contributed by atoms with Crippen LogP contribution in [-0.2, 0) is 6.42 Å². The summed E-state index contributed by atoms with van der Waals surface area (Å²) in [5.74, 6) is 1.21. The molecule has 1 unspecified atom stereocenters. The number of hydrogen-bond acceptors (Lipinski definition) is 2. The normalized spacial score (nSPS) is 12.7. The molecule has 0 saturated carbocycles. The predicted molar refractivity (Wildman–Crippen MR) is 78.1 cm³/mol. The lowest BCUT2D eigenvalue weighted by Crippen LogP contribution is -2.25. The smallest absolute Gasteiger partial charge is 0.168 e. The first kappa shape index (κ1) is 16.0. The summed E-state index contributed by atoms with van der Waals surface area (Å²) >= 11 is 0. The molecule has 1 rings (SSSR count). The Morgan fingerprint density at radius 2 is 2.05 bits per heavy atom. The second kappa shape index (κ2) is 8.16. The van der Waals surface area contributed by atoms with E-state index in [0.717, 1.165) is 31.5 Å². The summed E-state index contributed by atoms with van der Waals surface area (Å²) in [5, 5.41) is 3.37. The van der Waals surface area contributed by atoms with Gasteiger partial charge < -0.3 is 10.1 Å². The fraction of sp³-hybridized carbons (Fsp3) is 0.625. The zero-order valence-electron chi connectivity index (χ0n) is 12.5. The number of methoxy groups -OCH3 is 1. The van der Waals surface area contributed by atoms with Crippen molar-refractivity contribution in [1.82, 2.24) is 5.32 Å². The molecule has 0 aromatic heterocycles. The Balaban J connectivity index is 2.77. The van der Waals surface area contributed by atoms with Gasteiger partial charge in [0.25, 0.3) is 0 Å². The summed E-state index contributed by atoms with van der Waals surface area (Å²) in [4.78, 5) is 0. The van der Waals surface area contributed by atoms with Gasteiger partial charge >= 0.3 is 0 Å². The molecule has 1 N–H and O–H groups in total. The summed E-state index contributed by atoms with van der Waals surface area (Å²) < 4.78 is 19.2. The molecule has 0 aliphatic rings. The topological polar surface area (TPSA) is 21.3 Å². The molecule has 0 fully saturated rings. The minimum Gasteiger partial charge on any atom is -0.494 e. The third-order valence-electron chi connectivity index (χ3n) is 3.26. The molecular formula is C16H26FNO. The van der Waals surface area contributed by atoms with Crippen molar-refractivity contribution in [2.24, 2.45) is 11.8 Å². The lowest BCUT2D eigenvalue weighted by molar-refractivity contribution is 0.368. The number of hydrogen-bond donors (Lipinski definition) is 1. The SMILES string of the molecule is CCNCC(Cc1cccc(OC)c1F)CC(C)C. The molecular weight excluding hydrogens is 241 g/mol. The van der Waals surface area contributed by atoms with Crippen LogP contribution >= 0.6 is 0 Å². The van der Waals surface area contributed by atoms with Crippen LogP contribution in [0.15, 0.2) is 18.2 Å². The fourth-order valence-electron chi connectivity index (χ4n) is 2.44. The lowest BCUT2D eigenvalue weighted by atomic mass is 9.90.